The van der Waals surface area contributed by atoms with Crippen molar-refractivity contribution in [3.63, 3.8) is 0 Å². The molecule has 0 aliphatic rings. The number of nitrogens with two attached hydrogens (primary N) is 1. The Morgan fingerprint density at radius 1 is 1.54 bits per heavy atom. The molecule has 0 aliphatic heterocycles. The molecule has 4 heteroatoms. The molecule has 0 aliphatic carbocycles. The molecule has 2 rings (SSSR count). The lowest BCUT2D eigenvalue weighted by molar-refractivity contribution is 0.751. The number of aryl methyl sites for hydroxylation is 1. The summed E-state index contributed by atoms with van der Waals surface area (Å²) in [5.41, 5.74) is 7.30. The van der Waals surface area contributed by atoms with Crippen LogP contribution in [0.5, 0.6) is 0 Å². The lowest BCUT2D eigenvalue weighted by Gasteiger charge is -1.93. The van der Waals surface area contributed by atoms with Crippen molar-refractivity contribution in [2.75, 3.05) is 0 Å². The van der Waals surface area contributed by atoms with Crippen LogP contribution in [-0.2, 0) is 13.6 Å². The molecule has 2 aromatic rings. The molecule has 0 spiro atoms. The van der Waals surface area contributed by atoms with Gasteiger partial charge in [0.05, 0.1) is 10.9 Å². The Labute approximate surface area is 75.0 Å². The van der Waals surface area contributed by atoms with Crippen LogP contribution < -0.4 is 11.3 Å². The zero-order valence-corrected chi connectivity index (χ0v) is 7.37. The topological polar surface area (TPSA) is 63.8 Å². The second-order valence-corrected chi connectivity index (χ2v) is 3.06. The summed E-state index contributed by atoms with van der Waals surface area (Å²) in [7, 11) is 1.70. The number of rotatable bonds is 1. The third-order valence-corrected chi connectivity index (χ3v) is 2.14. The first-order valence-corrected chi connectivity index (χ1v) is 4.10. The van der Waals surface area contributed by atoms with Gasteiger partial charge in [0, 0.05) is 13.6 Å². The molecule has 1 aromatic carbocycles. The van der Waals surface area contributed by atoms with Gasteiger partial charge >= 0.3 is 0 Å². The Bertz CT molecular complexity index is 495. The molecule has 13 heavy (non-hydrogen) atoms. The van der Waals surface area contributed by atoms with Crippen LogP contribution in [0.15, 0.2) is 23.0 Å². The summed E-state index contributed by atoms with van der Waals surface area (Å²) in [6, 6.07) is 5.62. The van der Waals surface area contributed by atoms with E-state index in [1.54, 1.807) is 7.05 Å². The van der Waals surface area contributed by atoms with Gasteiger partial charge in [-0.1, -0.05) is 6.07 Å². The maximum atomic E-state index is 11.5. The van der Waals surface area contributed by atoms with Crippen LogP contribution >= 0.6 is 0 Å². The summed E-state index contributed by atoms with van der Waals surface area (Å²) < 4.78 is 1.46. The zero-order valence-electron chi connectivity index (χ0n) is 7.37. The van der Waals surface area contributed by atoms with Gasteiger partial charge in [-0.25, -0.2) is 0 Å². The number of benzene rings is 1. The van der Waals surface area contributed by atoms with Crippen molar-refractivity contribution in [1.29, 1.82) is 0 Å². The predicted octanol–water partition coefficient (Wildman–Crippen LogP) is 0.325. The number of nitrogens with zero attached hydrogens (tertiary/aromatic N) is 1. The van der Waals surface area contributed by atoms with Crippen molar-refractivity contribution in [2.24, 2.45) is 12.8 Å². The SMILES string of the molecule is Cn1[nH]c2ccc(CN)cc2c1=O. The normalized spacial score (nSPS) is 10.9. The van der Waals surface area contributed by atoms with Crippen LogP contribution in [0.25, 0.3) is 10.9 Å². The van der Waals surface area contributed by atoms with Gasteiger partial charge in [0.1, 0.15) is 0 Å². The molecule has 1 heterocycles. The fraction of sp³-hybridized carbons (Fsp3) is 0.222. The average molecular weight is 177 g/mol. The average Bonchev–Trinajstić information content (AvgIpc) is 2.43. The van der Waals surface area contributed by atoms with Gasteiger partial charge in [0.2, 0.25) is 0 Å². The maximum absolute atomic E-state index is 11.5. The molecule has 1 aromatic heterocycles. The maximum Gasteiger partial charge on any atom is 0.274 e. The fourth-order valence-electron chi connectivity index (χ4n) is 1.40. The molecular weight excluding hydrogens is 166 g/mol. The van der Waals surface area contributed by atoms with E-state index in [0.717, 1.165) is 11.1 Å². The molecule has 0 radical (unpaired) electrons. The molecule has 0 bridgehead atoms. The van der Waals surface area contributed by atoms with Crippen LogP contribution in [0, 0.1) is 0 Å². The number of H-pyrrole nitrogens is 1. The summed E-state index contributed by atoms with van der Waals surface area (Å²) in [4.78, 5) is 11.5. The van der Waals surface area contributed by atoms with Crippen molar-refractivity contribution in [3.8, 4) is 0 Å². The monoisotopic (exact) mass is 177 g/mol. The molecule has 0 fully saturated rings. The second-order valence-electron chi connectivity index (χ2n) is 3.06. The van der Waals surface area contributed by atoms with Crippen molar-refractivity contribution in [1.82, 2.24) is 9.78 Å². The van der Waals surface area contributed by atoms with Crippen LogP contribution in [0.4, 0.5) is 0 Å². The molecule has 0 saturated carbocycles. The van der Waals surface area contributed by atoms with E-state index in [-0.39, 0.29) is 5.56 Å². The minimum absolute atomic E-state index is 0.00898. The lowest BCUT2D eigenvalue weighted by atomic mass is 10.1. The highest BCUT2D eigenvalue weighted by Crippen LogP contribution is 2.09. The van der Waals surface area contributed by atoms with Crippen molar-refractivity contribution in [2.45, 2.75) is 6.54 Å². The molecule has 68 valence electrons. The highest BCUT2D eigenvalue weighted by atomic mass is 16.1. The van der Waals surface area contributed by atoms with Crippen LogP contribution in [0.3, 0.4) is 0 Å². The van der Waals surface area contributed by atoms with E-state index in [2.05, 4.69) is 5.10 Å². The van der Waals surface area contributed by atoms with E-state index in [9.17, 15) is 4.79 Å². The van der Waals surface area contributed by atoms with Crippen LogP contribution in [0.1, 0.15) is 5.56 Å². The summed E-state index contributed by atoms with van der Waals surface area (Å²) in [5.74, 6) is 0. The Balaban J connectivity index is 2.82. The molecule has 0 amide bonds. The molecule has 0 unspecified atom stereocenters. The van der Waals surface area contributed by atoms with E-state index in [1.807, 2.05) is 18.2 Å². The van der Waals surface area contributed by atoms with Gasteiger partial charge in [0.25, 0.3) is 5.56 Å². The van der Waals surface area contributed by atoms with Crippen molar-refractivity contribution >= 4 is 10.9 Å². The van der Waals surface area contributed by atoms with Gasteiger partial charge in [-0.15, -0.1) is 0 Å². The molecule has 3 N–H and O–H groups in total. The molecule has 4 nitrogen and oxygen atoms in total. The summed E-state index contributed by atoms with van der Waals surface area (Å²) in [6.07, 6.45) is 0. The first-order chi connectivity index (χ1) is 6.22. The predicted molar refractivity (Wildman–Crippen MR) is 51.4 cm³/mol. The third-order valence-electron chi connectivity index (χ3n) is 2.14. The minimum Gasteiger partial charge on any atom is -0.326 e. The van der Waals surface area contributed by atoms with Gasteiger partial charge in [-0.05, 0) is 17.7 Å². The first kappa shape index (κ1) is 8.07. The molecule has 0 atom stereocenters. The van der Waals surface area contributed by atoms with E-state index in [0.29, 0.717) is 11.9 Å². The van der Waals surface area contributed by atoms with Crippen LogP contribution in [0.2, 0.25) is 0 Å². The number of hydrogen-bond acceptors (Lipinski definition) is 2. The fourth-order valence-corrected chi connectivity index (χ4v) is 1.40. The first-order valence-electron chi connectivity index (χ1n) is 4.10. The van der Waals surface area contributed by atoms with E-state index < -0.39 is 0 Å². The largest absolute Gasteiger partial charge is 0.326 e. The smallest absolute Gasteiger partial charge is 0.274 e. The number of hydrogen-bond donors (Lipinski definition) is 2. The minimum atomic E-state index is -0.00898. The molecule has 0 saturated heterocycles. The van der Waals surface area contributed by atoms with Crippen molar-refractivity contribution < 1.29 is 0 Å². The Kier molecular flexibility index (Phi) is 1.70. The third kappa shape index (κ3) is 1.15. The van der Waals surface area contributed by atoms with E-state index in [4.69, 9.17) is 5.73 Å². The number of nitrogens with one attached hydrogen (secondary N) is 1. The lowest BCUT2D eigenvalue weighted by Crippen LogP contribution is -2.11. The second kappa shape index (κ2) is 2.74. The van der Waals surface area contributed by atoms with E-state index in [1.165, 1.54) is 4.68 Å². The number of aromatic amines is 1. The number of fused-ring (bicyclic) bond motifs is 1. The Morgan fingerprint density at radius 2 is 2.31 bits per heavy atom. The summed E-state index contributed by atoms with van der Waals surface area (Å²) in [5, 5.41) is 3.64. The Hall–Kier alpha value is -1.55. The van der Waals surface area contributed by atoms with Gasteiger partial charge in [-0.3, -0.25) is 14.6 Å². The van der Waals surface area contributed by atoms with Crippen LogP contribution in [-0.4, -0.2) is 9.78 Å². The highest BCUT2D eigenvalue weighted by molar-refractivity contribution is 5.78. The van der Waals surface area contributed by atoms with Crippen molar-refractivity contribution in [3.05, 3.63) is 34.1 Å². The summed E-state index contributed by atoms with van der Waals surface area (Å²) >= 11 is 0. The van der Waals surface area contributed by atoms with E-state index >= 15 is 0 Å². The zero-order chi connectivity index (χ0) is 9.42. The molecular formula is C9H11N3O. The van der Waals surface area contributed by atoms with Gasteiger partial charge < -0.3 is 5.73 Å². The summed E-state index contributed by atoms with van der Waals surface area (Å²) in [6.45, 7) is 0.463. The highest BCUT2D eigenvalue weighted by Gasteiger charge is 2.03. The van der Waals surface area contributed by atoms with Gasteiger partial charge in [0.15, 0.2) is 0 Å². The number of aromatic nitrogens is 2. The van der Waals surface area contributed by atoms with Gasteiger partial charge in [-0.2, -0.15) is 0 Å². The standard InChI is InChI=1S/C9H11N3O/c1-12-9(13)7-4-6(5-10)2-3-8(7)11-12/h2-4,11H,5,10H2,1H3. The quantitative estimate of drug-likeness (QED) is 0.659. The Morgan fingerprint density at radius 3 is 3.00 bits per heavy atom.